The molecule has 0 fully saturated rings. The van der Waals surface area contributed by atoms with E-state index in [4.69, 9.17) is 4.74 Å². The summed E-state index contributed by atoms with van der Waals surface area (Å²) in [5.41, 5.74) is 3.23. The van der Waals surface area contributed by atoms with Crippen molar-refractivity contribution in [2.75, 3.05) is 13.7 Å². The first-order chi connectivity index (χ1) is 12.2. The van der Waals surface area contributed by atoms with Crippen LogP contribution in [0.2, 0.25) is 0 Å². The van der Waals surface area contributed by atoms with Crippen LogP contribution < -0.4 is 15.4 Å². The Morgan fingerprint density at radius 2 is 2.19 bits per heavy atom. The Labute approximate surface area is 174 Å². The first kappa shape index (κ1) is 20.5. The van der Waals surface area contributed by atoms with Crippen molar-refractivity contribution < 1.29 is 4.74 Å². The average molecular weight is 485 g/mol. The second kappa shape index (κ2) is 9.77. The van der Waals surface area contributed by atoms with Gasteiger partial charge >= 0.3 is 0 Å². The molecule has 8 heteroatoms. The second-order valence-electron chi connectivity index (χ2n) is 5.69. The molecule has 3 aromatic rings. The van der Waals surface area contributed by atoms with E-state index in [1.165, 1.54) is 5.56 Å². The highest BCUT2D eigenvalue weighted by molar-refractivity contribution is 14.0. The van der Waals surface area contributed by atoms with E-state index in [0.29, 0.717) is 13.1 Å². The number of benzene rings is 1. The summed E-state index contributed by atoms with van der Waals surface area (Å²) in [6, 6.07) is 6.17. The normalized spacial score (nSPS) is 11.3. The van der Waals surface area contributed by atoms with Crippen LogP contribution in [0.5, 0.6) is 5.75 Å². The Hall–Kier alpha value is -1.81. The summed E-state index contributed by atoms with van der Waals surface area (Å²) in [5.74, 6) is 1.63. The van der Waals surface area contributed by atoms with E-state index in [1.54, 1.807) is 18.4 Å². The highest BCUT2D eigenvalue weighted by atomic mass is 127. The van der Waals surface area contributed by atoms with Gasteiger partial charge in [-0.3, -0.25) is 4.40 Å². The van der Waals surface area contributed by atoms with Crippen LogP contribution in [0, 0.1) is 6.92 Å². The Kier molecular flexibility index (Phi) is 7.70. The van der Waals surface area contributed by atoms with Crippen molar-refractivity contribution >= 4 is 46.2 Å². The summed E-state index contributed by atoms with van der Waals surface area (Å²) in [7, 11) is 1.69. The molecular weight excluding hydrogens is 461 g/mol. The molecule has 26 heavy (non-hydrogen) atoms. The van der Waals surface area contributed by atoms with E-state index in [0.717, 1.165) is 34.5 Å². The van der Waals surface area contributed by atoms with Crippen LogP contribution in [0.3, 0.4) is 0 Å². The van der Waals surface area contributed by atoms with Gasteiger partial charge in [-0.15, -0.1) is 35.3 Å². The molecule has 0 amide bonds. The molecule has 0 spiro atoms. The largest absolute Gasteiger partial charge is 0.496 e. The van der Waals surface area contributed by atoms with Crippen LogP contribution in [-0.2, 0) is 13.1 Å². The maximum absolute atomic E-state index is 5.45. The zero-order valence-electron chi connectivity index (χ0n) is 15.2. The molecule has 0 bridgehead atoms. The molecule has 0 saturated heterocycles. The number of hydrogen-bond acceptors (Lipinski definition) is 4. The molecule has 0 unspecified atom stereocenters. The van der Waals surface area contributed by atoms with Crippen molar-refractivity contribution in [3.05, 3.63) is 52.8 Å². The predicted octanol–water partition coefficient (Wildman–Crippen LogP) is 3.59. The van der Waals surface area contributed by atoms with Gasteiger partial charge in [0.2, 0.25) is 0 Å². The lowest BCUT2D eigenvalue weighted by Gasteiger charge is -2.11. The van der Waals surface area contributed by atoms with Crippen molar-refractivity contribution in [2.45, 2.75) is 26.9 Å². The Morgan fingerprint density at radius 1 is 1.35 bits per heavy atom. The lowest BCUT2D eigenvalue weighted by molar-refractivity contribution is 0.409. The first-order valence-corrected chi connectivity index (χ1v) is 9.14. The summed E-state index contributed by atoms with van der Waals surface area (Å²) in [5, 5.41) is 8.63. The third-order valence-corrected chi connectivity index (χ3v) is 4.55. The lowest BCUT2D eigenvalue weighted by Crippen LogP contribution is -2.36. The van der Waals surface area contributed by atoms with Gasteiger partial charge in [0.15, 0.2) is 10.9 Å². The molecule has 2 aromatic heterocycles. The summed E-state index contributed by atoms with van der Waals surface area (Å²) >= 11 is 1.63. The molecule has 140 valence electrons. The molecule has 6 nitrogen and oxygen atoms in total. The van der Waals surface area contributed by atoms with E-state index in [1.807, 2.05) is 28.2 Å². The molecule has 2 N–H and O–H groups in total. The van der Waals surface area contributed by atoms with E-state index < -0.39 is 0 Å². The van der Waals surface area contributed by atoms with Crippen LogP contribution >= 0.6 is 35.3 Å². The maximum Gasteiger partial charge on any atom is 0.193 e. The van der Waals surface area contributed by atoms with E-state index in [9.17, 15) is 0 Å². The van der Waals surface area contributed by atoms with Crippen LogP contribution in [0.1, 0.15) is 23.7 Å². The van der Waals surface area contributed by atoms with Crippen molar-refractivity contribution in [2.24, 2.45) is 4.99 Å². The summed E-state index contributed by atoms with van der Waals surface area (Å²) in [6.07, 6.45) is 4.05. The smallest absolute Gasteiger partial charge is 0.193 e. The number of methoxy groups -OCH3 is 1. The predicted molar refractivity (Wildman–Crippen MR) is 118 cm³/mol. The highest BCUT2D eigenvalue weighted by Crippen LogP contribution is 2.20. The van der Waals surface area contributed by atoms with Crippen LogP contribution in [0.15, 0.2) is 41.0 Å². The number of aliphatic imine (C=N–C) groups is 1. The number of aromatic nitrogens is 2. The van der Waals surface area contributed by atoms with Crippen LogP contribution in [0.25, 0.3) is 4.96 Å². The number of fused-ring (bicyclic) bond motifs is 1. The molecule has 0 radical (unpaired) electrons. The Morgan fingerprint density at radius 3 is 2.92 bits per heavy atom. The Balaban J connectivity index is 0.00000243. The number of imidazole rings is 1. The van der Waals surface area contributed by atoms with Gasteiger partial charge in [0.25, 0.3) is 0 Å². The fourth-order valence-electron chi connectivity index (χ4n) is 2.52. The standard InChI is InChI=1S/C18H23N5OS.HI/c1-4-19-17(20-10-14-6-5-13(2)9-16(14)24-3)21-11-15-12-23-7-8-25-18(23)22-15;/h5-9,12H,4,10-11H2,1-3H3,(H2,19,20,21);1H. The zero-order chi connectivity index (χ0) is 17.6. The molecule has 2 heterocycles. The fourth-order valence-corrected chi connectivity index (χ4v) is 3.24. The quantitative estimate of drug-likeness (QED) is 0.318. The van der Waals surface area contributed by atoms with Gasteiger partial charge in [-0.1, -0.05) is 12.1 Å². The van der Waals surface area contributed by atoms with Crippen molar-refractivity contribution in [1.29, 1.82) is 0 Å². The molecule has 3 rings (SSSR count). The van der Waals surface area contributed by atoms with Gasteiger partial charge in [-0.25, -0.2) is 9.98 Å². The molecule has 0 aliphatic rings. The van der Waals surface area contributed by atoms with Gasteiger partial charge in [0.1, 0.15) is 5.75 Å². The summed E-state index contributed by atoms with van der Waals surface area (Å²) < 4.78 is 7.48. The van der Waals surface area contributed by atoms with Crippen LogP contribution in [-0.4, -0.2) is 29.0 Å². The number of thiazole rings is 1. The molecule has 0 saturated carbocycles. The number of nitrogens with zero attached hydrogens (tertiary/aromatic N) is 3. The van der Waals surface area contributed by atoms with Crippen LogP contribution in [0.4, 0.5) is 0 Å². The SMILES string of the molecule is CCNC(=NCc1ccc(C)cc1OC)NCc1cn2ccsc2n1.I. The zero-order valence-corrected chi connectivity index (χ0v) is 18.3. The van der Waals surface area contributed by atoms with Crippen molar-refractivity contribution in [3.8, 4) is 5.75 Å². The third-order valence-electron chi connectivity index (χ3n) is 3.77. The van der Waals surface area contributed by atoms with Gasteiger partial charge in [-0.2, -0.15) is 0 Å². The maximum atomic E-state index is 5.45. The number of ether oxygens (including phenoxy) is 1. The molecule has 1 aromatic carbocycles. The van der Waals surface area contributed by atoms with Crippen molar-refractivity contribution in [3.63, 3.8) is 0 Å². The fraction of sp³-hybridized carbons (Fsp3) is 0.333. The third kappa shape index (κ3) is 5.10. The highest BCUT2D eigenvalue weighted by Gasteiger charge is 2.06. The molecule has 0 atom stereocenters. The minimum Gasteiger partial charge on any atom is -0.496 e. The van der Waals surface area contributed by atoms with Gasteiger partial charge < -0.3 is 15.4 Å². The minimum atomic E-state index is 0. The monoisotopic (exact) mass is 485 g/mol. The van der Waals surface area contributed by atoms with E-state index in [2.05, 4.69) is 46.6 Å². The minimum absolute atomic E-state index is 0. The molecular formula is C18H24IN5OS. The second-order valence-corrected chi connectivity index (χ2v) is 6.56. The van der Waals surface area contributed by atoms with Gasteiger partial charge in [0, 0.05) is 29.9 Å². The topological polar surface area (TPSA) is 63.0 Å². The number of aryl methyl sites for hydroxylation is 1. The number of halogens is 1. The average Bonchev–Trinajstić information content (AvgIpc) is 3.19. The number of guanidine groups is 1. The van der Waals surface area contributed by atoms with Gasteiger partial charge in [0.05, 0.1) is 25.9 Å². The van der Waals surface area contributed by atoms with E-state index in [-0.39, 0.29) is 24.0 Å². The first-order valence-electron chi connectivity index (χ1n) is 8.26. The van der Waals surface area contributed by atoms with Gasteiger partial charge in [-0.05, 0) is 25.5 Å². The summed E-state index contributed by atoms with van der Waals surface area (Å²) in [6.45, 7) is 6.09. The molecule has 0 aliphatic heterocycles. The number of hydrogen-bond donors (Lipinski definition) is 2. The molecule has 0 aliphatic carbocycles. The summed E-state index contributed by atoms with van der Waals surface area (Å²) in [4.78, 5) is 10.2. The van der Waals surface area contributed by atoms with E-state index >= 15 is 0 Å². The number of nitrogens with one attached hydrogen (secondary N) is 2. The number of rotatable bonds is 6. The Bertz CT molecular complexity index is 845. The van der Waals surface area contributed by atoms with Crippen molar-refractivity contribution in [1.82, 2.24) is 20.0 Å². The lowest BCUT2D eigenvalue weighted by atomic mass is 10.1.